The third-order valence-corrected chi connectivity index (χ3v) is 3.12. The van der Waals surface area contributed by atoms with Crippen LogP contribution >= 0.6 is 0 Å². The van der Waals surface area contributed by atoms with E-state index in [0.717, 1.165) is 19.3 Å². The van der Waals surface area contributed by atoms with Gasteiger partial charge in [0.1, 0.15) is 0 Å². The predicted molar refractivity (Wildman–Crippen MR) is 65.0 cm³/mol. The molecule has 1 aromatic rings. The largest absolute Gasteiger partial charge is 0.392 e. The van der Waals surface area contributed by atoms with E-state index in [9.17, 15) is 5.11 Å². The van der Waals surface area contributed by atoms with E-state index in [4.69, 9.17) is 0 Å². The van der Waals surface area contributed by atoms with Gasteiger partial charge in [-0.25, -0.2) is 0 Å². The second kappa shape index (κ2) is 5.92. The maximum atomic E-state index is 10.1. The zero-order chi connectivity index (χ0) is 11.3. The number of aliphatic hydroxyl groups is 1. The molecule has 0 bridgehead atoms. The van der Waals surface area contributed by atoms with Crippen molar-refractivity contribution in [1.29, 1.82) is 0 Å². The van der Waals surface area contributed by atoms with Crippen LogP contribution in [0.25, 0.3) is 0 Å². The molecule has 0 aliphatic carbocycles. The second-order valence-corrected chi connectivity index (χ2v) is 4.34. The quantitative estimate of drug-likeness (QED) is 0.783. The fourth-order valence-electron chi connectivity index (χ4n) is 2.08. The second-order valence-electron chi connectivity index (χ2n) is 4.34. The molecule has 1 nitrogen and oxygen atoms in total. The third-order valence-electron chi connectivity index (χ3n) is 3.12. The molecule has 0 fully saturated rings. The number of hydrogen-bond donors (Lipinski definition) is 1. The molecule has 0 heterocycles. The lowest BCUT2D eigenvalue weighted by atomic mass is 9.91. The number of aryl methyl sites for hydroxylation is 1. The Balaban J connectivity index is 2.61. The molecule has 0 saturated carbocycles. The van der Waals surface area contributed by atoms with Crippen molar-refractivity contribution in [3.05, 3.63) is 35.4 Å². The maximum absolute atomic E-state index is 10.1. The molecule has 1 heteroatoms. The van der Waals surface area contributed by atoms with Crippen molar-refractivity contribution in [2.24, 2.45) is 5.92 Å². The van der Waals surface area contributed by atoms with Crippen molar-refractivity contribution >= 4 is 0 Å². The normalized spacial score (nSPS) is 13.1. The minimum Gasteiger partial charge on any atom is -0.392 e. The van der Waals surface area contributed by atoms with Crippen LogP contribution in [0.1, 0.15) is 37.8 Å². The summed E-state index contributed by atoms with van der Waals surface area (Å²) < 4.78 is 0. The Labute approximate surface area is 93.1 Å². The molecule has 1 atom stereocenters. The molecular formula is C14H22O. The van der Waals surface area contributed by atoms with Gasteiger partial charge in [0.15, 0.2) is 0 Å². The maximum Gasteiger partial charge on any atom is 0.0608 e. The van der Waals surface area contributed by atoms with E-state index >= 15 is 0 Å². The predicted octanol–water partition coefficient (Wildman–Crippen LogP) is 3.33. The van der Waals surface area contributed by atoms with Gasteiger partial charge in [0.05, 0.1) is 6.10 Å². The topological polar surface area (TPSA) is 20.2 Å². The zero-order valence-corrected chi connectivity index (χ0v) is 10.0. The highest BCUT2D eigenvalue weighted by Gasteiger charge is 2.15. The number of benzene rings is 1. The Morgan fingerprint density at radius 3 is 2.40 bits per heavy atom. The Kier molecular flexibility index (Phi) is 4.83. The lowest BCUT2D eigenvalue weighted by molar-refractivity contribution is 0.103. The summed E-state index contributed by atoms with van der Waals surface area (Å²) in [7, 11) is 0. The highest BCUT2D eigenvalue weighted by molar-refractivity contribution is 5.22. The summed E-state index contributed by atoms with van der Waals surface area (Å²) in [6, 6.07) is 8.40. The molecular weight excluding hydrogens is 184 g/mol. The van der Waals surface area contributed by atoms with Crippen molar-refractivity contribution in [2.75, 3.05) is 0 Å². The molecule has 0 aliphatic rings. The zero-order valence-electron chi connectivity index (χ0n) is 10.0. The van der Waals surface area contributed by atoms with Crippen molar-refractivity contribution in [3.8, 4) is 0 Å². The summed E-state index contributed by atoms with van der Waals surface area (Å²) in [5.41, 5.74) is 2.51. The highest BCUT2D eigenvalue weighted by atomic mass is 16.3. The first kappa shape index (κ1) is 12.3. The minimum absolute atomic E-state index is 0.193. The Bertz CT molecular complexity index is 289. The van der Waals surface area contributed by atoms with Gasteiger partial charge in [-0.15, -0.1) is 0 Å². The van der Waals surface area contributed by atoms with Crippen LogP contribution < -0.4 is 0 Å². The molecule has 0 spiro atoms. The fourth-order valence-corrected chi connectivity index (χ4v) is 2.08. The SMILES string of the molecule is CCC(CC)C(O)Cc1cccc(C)c1. The van der Waals surface area contributed by atoms with Gasteiger partial charge < -0.3 is 5.11 Å². The van der Waals surface area contributed by atoms with Crippen LogP contribution in [0.5, 0.6) is 0 Å². The summed E-state index contributed by atoms with van der Waals surface area (Å²) in [4.78, 5) is 0. The van der Waals surface area contributed by atoms with E-state index in [2.05, 4.69) is 45.0 Å². The van der Waals surface area contributed by atoms with Crippen LogP contribution in [-0.2, 0) is 6.42 Å². The van der Waals surface area contributed by atoms with Gasteiger partial charge in [0, 0.05) is 0 Å². The van der Waals surface area contributed by atoms with Crippen LogP contribution in [-0.4, -0.2) is 11.2 Å². The first-order valence-electron chi connectivity index (χ1n) is 5.91. The van der Waals surface area contributed by atoms with E-state index in [1.807, 2.05) is 0 Å². The van der Waals surface area contributed by atoms with E-state index in [1.165, 1.54) is 11.1 Å². The smallest absolute Gasteiger partial charge is 0.0608 e. The summed E-state index contributed by atoms with van der Waals surface area (Å²) in [5.74, 6) is 0.436. The van der Waals surface area contributed by atoms with Crippen molar-refractivity contribution in [2.45, 2.75) is 46.1 Å². The van der Waals surface area contributed by atoms with E-state index in [1.54, 1.807) is 0 Å². The van der Waals surface area contributed by atoms with Gasteiger partial charge in [-0.2, -0.15) is 0 Å². The molecule has 1 unspecified atom stereocenters. The fraction of sp³-hybridized carbons (Fsp3) is 0.571. The summed E-state index contributed by atoms with van der Waals surface area (Å²) in [6.45, 7) is 6.38. The van der Waals surface area contributed by atoms with Crippen LogP contribution in [0.2, 0.25) is 0 Å². The van der Waals surface area contributed by atoms with E-state index in [-0.39, 0.29) is 6.10 Å². The molecule has 1 rings (SSSR count). The summed E-state index contributed by atoms with van der Waals surface area (Å²) >= 11 is 0. The van der Waals surface area contributed by atoms with Gasteiger partial charge in [-0.1, -0.05) is 56.5 Å². The first-order chi connectivity index (χ1) is 7.17. The molecule has 15 heavy (non-hydrogen) atoms. The van der Waals surface area contributed by atoms with Crippen molar-refractivity contribution < 1.29 is 5.11 Å². The van der Waals surface area contributed by atoms with Crippen LogP contribution in [0, 0.1) is 12.8 Å². The van der Waals surface area contributed by atoms with Gasteiger partial charge in [-0.05, 0) is 24.8 Å². The van der Waals surface area contributed by atoms with Crippen LogP contribution in [0.3, 0.4) is 0 Å². The molecule has 0 radical (unpaired) electrons. The number of hydrogen-bond acceptors (Lipinski definition) is 1. The molecule has 0 saturated heterocycles. The van der Waals surface area contributed by atoms with Gasteiger partial charge in [-0.3, -0.25) is 0 Å². The molecule has 84 valence electrons. The Morgan fingerprint density at radius 1 is 1.20 bits per heavy atom. The van der Waals surface area contributed by atoms with E-state index < -0.39 is 0 Å². The third kappa shape index (κ3) is 3.67. The van der Waals surface area contributed by atoms with Crippen LogP contribution in [0.15, 0.2) is 24.3 Å². The number of rotatable bonds is 5. The molecule has 0 amide bonds. The lowest BCUT2D eigenvalue weighted by Gasteiger charge is -2.20. The molecule has 1 aromatic carbocycles. The van der Waals surface area contributed by atoms with Gasteiger partial charge in [0.2, 0.25) is 0 Å². The van der Waals surface area contributed by atoms with E-state index in [0.29, 0.717) is 5.92 Å². The minimum atomic E-state index is -0.193. The number of aliphatic hydroxyl groups excluding tert-OH is 1. The summed E-state index contributed by atoms with van der Waals surface area (Å²) in [6.07, 6.45) is 2.71. The average molecular weight is 206 g/mol. The Hall–Kier alpha value is -0.820. The molecule has 1 N–H and O–H groups in total. The van der Waals surface area contributed by atoms with Gasteiger partial charge >= 0.3 is 0 Å². The molecule has 0 aromatic heterocycles. The summed E-state index contributed by atoms with van der Waals surface area (Å²) in [5, 5.41) is 10.1. The van der Waals surface area contributed by atoms with Crippen molar-refractivity contribution in [1.82, 2.24) is 0 Å². The van der Waals surface area contributed by atoms with Crippen LogP contribution in [0.4, 0.5) is 0 Å². The van der Waals surface area contributed by atoms with Crippen molar-refractivity contribution in [3.63, 3.8) is 0 Å². The van der Waals surface area contributed by atoms with Gasteiger partial charge in [0.25, 0.3) is 0 Å². The molecule has 0 aliphatic heterocycles. The standard InChI is InChI=1S/C14H22O/c1-4-13(5-2)14(15)10-12-8-6-7-11(3)9-12/h6-9,13-15H,4-5,10H2,1-3H3. The average Bonchev–Trinajstić information content (AvgIpc) is 2.19. The highest BCUT2D eigenvalue weighted by Crippen LogP contribution is 2.17. The lowest BCUT2D eigenvalue weighted by Crippen LogP contribution is -2.21. The first-order valence-corrected chi connectivity index (χ1v) is 5.91. The Morgan fingerprint density at radius 2 is 1.87 bits per heavy atom. The monoisotopic (exact) mass is 206 g/mol.